The lowest BCUT2D eigenvalue weighted by atomic mass is 10.6. The molecule has 1 saturated heterocycles. The molecule has 1 unspecified atom stereocenters. The number of rotatable bonds is 3. The van der Waals surface area contributed by atoms with Crippen LogP contribution < -0.4 is 0 Å². The number of epoxide rings is 1. The third-order valence-corrected chi connectivity index (χ3v) is 4.20. The summed E-state index contributed by atoms with van der Waals surface area (Å²) in [5, 5.41) is 0. The maximum absolute atomic E-state index is 10.9. The second-order valence-corrected chi connectivity index (χ2v) is 5.64. The minimum absolute atomic E-state index is 0.493. The molecule has 0 aromatic heterocycles. The zero-order valence-corrected chi connectivity index (χ0v) is 7.81. The lowest BCUT2D eigenvalue weighted by molar-refractivity contribution is 0.255. The molecule has 0 saturated carbocycles. The molecule has 0 bridgehead atoms. The summed E-state index contributed by atoms with van der Waals surface area (Å²) in [6.07, 6.45) is -0.493. The van der Waals surface area contributed by atoms with Crippen molar-refractivity contribution in [2.45, 2.75) is 18.9 Å². The molecule has 12 heavy (non-hydrogen) atoms. The van der Waals surface area contributed by atoms with Gasteiger partial charge < -0.3 is 19.4 Å². The summed E-state index contributed by atoms with van der Waals surface area (Å²) in [5.74, 6) is -1.11. The third kappa shape index (κ3) is 2.64. The van der Waals surface area contributed by atoms with E-state index in [2.05, 4.69) is 9.05 Å². The summed E-state index contributed by atoms with van der Waals surface area (Å²) < 4.78 is 29.3. The van der Waals surface area contributed by atoms with Crippen molar-refractivity contribution in [1.82, 2.24) is 0 Å². The SMILES string of the molecule is C[C@@H]1O[C@@H]1P(=O)(O)OP(=O)(O)O. The molecule has 3 atom stereocenters. The van der Waals surface area contributed by atoms with Crippen LogP contribution in [0, 0.1) is 0 Å². The Bertz CT molecular complexity index is 268. The lowest BCUT2D eigenvalue weighted by Crippen LogP contribution is -1.96. The van der Waals surface area contributed by atoms with E-state index in [0.29, 0.717) is 0 Å². The van der Waals surface area contributed by atoms with Crippen molar-refractivity contribution < 1.29 is 32.9 Å². The fourth-order valence-corrected chi connectivity index (χ4v) is 3.18. The van der Waals surface area contributed by atoms with Crippen molar-refractivity contribution in [2.24, 2.45) is 0 Å². The maximum atomic E-state index is 10.9. The Morgan fingerprint density at radius 3 is 2.00 bits per heavy atom. The third-order valence-electron chi connectivity index (χ3n) is 1.22. The Hall–Kier alpha value is 0.260. The molecule has 1 rings (SSSR count). The predicted molar refractivity (Wildman–Crippen MR) is 37.3 cm³/mol. The second-order valence-electron chi connectivity index (χ2n) is 2.37. The van der Waals surface area contributed by atoms with E-state index >= 15 is 0 Å². The molecule has 1 aliphatic rings. The van der Waals surface area contributed by atoms with E-state index in [1.165, 1.54) is 6.92 Å². The van der Waals surface area contributed by atoms with Gasteiger partial charge in [-0.05, 0) is 6.92 Å². The van der Waals surface area contributed by atoms with Gasteiger partial charge in [0.15, 0.2) is 5.85 Å². The Morgan fingerprint density at radius 1 is 1.33 bits per heavy atom. The molecule has 0 radical (unpaired) electrons. The van der Waals surface area contributed by atoms with Crippen molar-refractivity contribution in [2.75, 3.05) is 0 Å². The topological polar surface area (TPSA) is 117 Å². The van der Waals surface area contributed by atoms with Crippen LogP contribution in [0.15, 0.2) is 0 Å². The van der Waals surface area contributed by atoms with Gasteiger partial charge in [0.05, 0.1) is 6.10 Å². The highest BCUT2D eigenvalue weighted by Crippen LogP contribution is 2.65. The van der Waals surface area contributed by atoms with Crippen molar-refractivity contribution >= 4 is 15.4 Å². The first kappa shape index (κ1) is 10.3. The summed E-state index contributed by atoms with van der Waals surface area (Å²) in [4.78, 5) is 25.3. The van der Waals surface area contributed by atoms with Crippen LogP contribution in [0.25, 0.3) is 0 Å². The van der Waals surface area contributed by atoms with Gasteiger partial charge in [-0.1, -0.05) is 0 Å². The van der Waals surface area contributed by atoms with Crippen LogP contribution in [0.5, 0.6) is 0 Å². The first-order chi connectivity index (χ1) is 5.22. The van der Waals surface area contributed by atoms with Gasteiger partial charge in [-0.2, -0.15) is 0 Å². The van der Waals surface area contributed by atoms with E-state index in [1.54, 1.807) is 0 Å². The second kappa shape index (κ2) is 2.89. The van der Waals surface area contributed by atoms with Crippen LogP contribution in [0.1, 0.15) is 6.92 Å². The minimum atomic E-state index is -4.92. The van der Waals surface area contributed by atoms with Crippen molar-refractivity contribution in [3.05, 3.63) is 0 Å². The van der Waals surface area contributed by atoms with Gasteiger partial charge in [-0.3, -0.25) is 4.57 Å². The van der Waals surface area contributed by atoms with Crippen molar-refractivity contribution in [1.29, 1.82) is 0 Å². The largest absolute Gasteiger partial charge is 0.476 e. The zero-order valence-electron chi connectivity index (χ0n) is 6.02. The number of hydrogen-bond donors (Lipinski definition) is 3. The quantitative estimate of drug-likeness (QED) is 0.451. The lowest BCUT2D eigenvalue weighted by Gasteiger charge is -2.09. The molecule has 7 nitrogen and oxygen atoms in total. The molecule has 1 fully saturated rings. The molecule has 1 heterocycles. The van der Waals surface area contributed by atoms with Gasteiger partial charge in [0.1, 0.15) is 0 Å². The molecule has 72 valence electrons. The first-order valence-corrected chi connectivity index (χ1v) is 6.15. The van der Waals surface area contributed by atoms with Crippen LogP contribution >= 0.6 is 15.4 Å². The van der Waals surface area contributed by atoms with Crippen LogP contribution in [0.2, 0.25) is 0 Å². The van der Waals surface area contributed by atoms with Crippen molar-refractivity contribution in [3.63, 3.8) is 0 Å². The summed E-state index contributed by atoms with van der Waals surface area (Å²) in [6, 6.07) is 0. The Balaban J connectivity index is 2.62. The molecule has 0 spiro atoms. The van der Waals surface area contributed by atoms with E-state index in [9.17, 15) is 9.13 Å². The fourth-order valence-electron chi connectivity index (χ4n) is 0.716. The fraction of sp³-hybridized carbons (Fsp3) is 1.00. The normalized spacial score (nSPS) is 34.3. The Labute approximate surface area is 68.1 Å². The summed E-state index contributed by atoms with van der Waals surface area (Å²) in [5.41, 5.74) is 0. The summed E-state index contributed by atoms with van der Waals surface area (Å²) in [7, 11) is -9.24. The molecule has 0 aliphatic carbocycles. The van der Waals surface area contributed by atoms with E-state index < -0.39 is 27.4 Å². The van der Waals surface area contributed by atoms with Gasteiger partial charge in [-0.15, -0.1) is 0 Å². The first-order valence-electron chi connectivity index (χ1n) is 2.97. The van der Waals surface area contributed by atoms with Gasteiger partial charge in [-0.25, -0.2) is 8.88 Å². The molecule has 3 N–H and O–H groups in total. The monoisotopic (exact) mass is 218 g/mol. The molecule has 0 aromatic carbocycles. The van der Waals surface area contributed by atoms with E-state index in [4.69, 9.17) is 14.7 Å². The van der Waals surface area contributed by atoms with Crippen LogP contribution in [0.4, 0.5) is 0 Å². The zero-order chi connectivity index (χ0) is 9.57. The van der Waals surface area contributed by atoms with Crippen LogP contribution in [-0.2, 0) is 18.2 Å². The van der Waals surface area contributed by atoms with E-state index in [1.807, 2.05) is 0 Å². The Morgan fingerprint density at radius 2 is 1.75 bits per heavy atom. The molecule has 1 aliphatic heterocycles. The summed E-state index contributed by atoms with van der Waals surface area (Å²) in [6.45, 7) is 1.50. The summed E-state index contributed by atoms with van der Waals surface area (Å²) >= 11 is 0. The molecule has 0 amide bonds. The minimum Gasteiger partial charge on any atom is -0.356 e. The number of phosphoric acid groups is 1. The smallest absolute Gasteiger partial charge is 0.356 e. The molecular formula is C3H8O7P2. The van der Waals surface area contributed by atoms with E-state index in [-0.39, 0.29) is 0 Å². The van der Waals surface area contributed by atoms with Crippen molar-refractivity contribution in [3.8, 4) is 0 Å². The molecule has 9 heteroatoms. The van der Waals surface area contributed by atoms with Crippen LogP contribution in [-0.4, -0.2) is 26.6 Å². The van der Waals surface area contributed by atoms with Gasteiger partial charge >= 0.3 is 15.4 Å². The number of ether oxygens (including phenoxy) is 1. The van der Waals surface area contributed by atoms with Gasteiger partial charge in [0, 0.05) is 0 Å². The van der Waals surface area contributed by atoms with Crippen LogP contribution in [0.3, 0.4) is 0 Å². The maximum Gasteiger partial charge on any atom is 0.476 e. The highest BCUT2D eigenvalue weighted by atomic mass is 31.3. The molecule has 0 aromatic rings. The van der Waals surface area contributed by atoms with Gasteiger partial charge in [0.2, 0.25) is 0 Å². The van der Waals surface area contributed by atoms with Gasteiger partial charge in [0.25, 0.3) is 0 Å². The highest BCUT2D eigenvalue weighted by Gasteiger charge is 2.53. The average Bonchev–Trinajstić information content (AvgIpc) is 2.38. The average molecular weight is 218 g/mol. The van der Waals surface area contributed by atoms with E-state index in [0.717, 1.165) is 0 Å². The number of hydrogen-bond acceptors (Lipinski definition) is 4. The Kier molecular flexibility index (Phi) is 2.49. The predicted octanol–water partition coefficient (Wildman–Crippen LogP) is 0.0259. The standard InChI is InChI=1S/C3H8O7P2/c1-2-3(9-2)11(4,5)10-12(6,7)8/h2-3H,1H3,(H,4,5)(H2,6,7,8)/t2-,3+/m0/s1. The highest BCUT2D eigenvalue weighted by molar-refractivity contribution is 7.64. The molecular weight excluding hydrogens is 210 g/mol.